The molecule has 1 saturated heterocycles. The highest BCUT2D eigenvalue weighted by atomic mass is 16.6. The smallest absolute Gasteiger partial charge is 0.233 e. The second-order valence-electron chi connectivity index (χ2n) is 4.41. The molecule has 17 heavy (non-hydrogen) atoms. The Balaban J connectivity index is 2.49. The van der Waals surface area contributed by atoms with E-state index < -0.39 is 12.4 Å². The largest absolute Gasteiger partial charge is 0.386 e. The van der Waals surface area contributed by atoms with Crippen molar-refractivity contribution in [3.63, 3.8) is 0 Å². The molecule has 0 aromatic heterocycles. The van der Waals surface area contributed by atoms with Crippen molar-refractivity contribution in [1.29, 1.82) is 0 Å². The lowest BCUT2D eigenvalue weighted by molar-refractivity contribution is -0.232. The number of aliphatic hydroxyl groups is 2. The molecule has 7 nitrogen and oxygen atoms in total. The van der Waals surface area contributed by atoms with Gasteiger partial charge in [-0.1, -0.05) is 0 Å². The van der Waals surface area contributed by atoms with Crippen LogP contribution in [0.4, 0.5) is 0 Å². The minimum absolute atomic E-state index is 0.0744. The monoisotopic (exact) mass is 247 g/mol. The number of ether oxygens (including phenoxy) is 1. The highest BCUT2D eigenvalue weighted by Crippen LogP contribution is 2.21. The van der Waals surface area contributed by atoms with Crippen molar-refractivity contribution in [2.75, 3.05) is 27.2 Å². The number of nitrogens with zero attached hydrogens (tertiary/aromatic N) is 1. The van der Waals surface area contributed by atoms with Crippen LogP contribution >= 0.6 is 0 Å². The predicted molar refractivity (Wildman–Crippen MR) is 61.0 cm³/mol. The summed E-state index contributed by atoms with van der Waals surface area (Å²) < 4.78 is 5.20. The van der Waals surface area contributed by atoms with Crippen LogP contribution in [0.3, 0.4) is 0 Å². The van der Waals surface area contributed by atoms with Gasteiger partial charge in [-0.3, -0.25) is 4.79 Å². The number of rotatable bonds is 4. The van der Waals surface area contributed by atoms with Crippen LogP contribution in [0.1, 0.15) is 6.42 Å². The standard InChI is InChI=1S/C10H21N3O4/c1-13(2)7-3-6(5-12-8(14)4-11)17-10(16)9(7)15/h6-7,9-10,15-16H,3-5,11H2,1-2H3,(H,12,14)/t6-,7?,9?,10+/m0/s1. The molecule has 100 valence electrons. The molecule has 1 aliphatic heterocycles. The van der Waals surface area contributed by atoms with E-state index in [4.69, 9.17) is 10.5 Å². The number of carbonyl (C=O) groups is 1. The van der Waals surface area contributed by atoms with Gasteiger partial charge in [0.05, 0.1) is 12.6 Å². The summed E-state index contributed by atoms with van der Waals surface area (Å²) in [5.74, 6) is -0.268. The van der Waals surface area contributed by atoms with Crippen molar-refractivity contribution in [2.24, 2.45) is 5.73 Å². The van der Waals surface area contributed by atoms with Gasteiger partial charge in [0.15, 0.2) is 6.29 Å². The van der Waals surface area contributed by atoms with Crippen LogP contribution < -0.4 is 11.1 Å². The first-order valence-corrected chi connectivity index (χ1v) is 5.60. The summed E-state index contributed by atoms with van der Waals surface area (Å²) in [5, 5.41) is 21.9. The normalized spacial score (nSPS) is 33.8. The maximum atomic E-state index is 11.0. The summed E-state index contributed by atoms with van der Waals surface area (Å²) in [6, 6.07) is -0.196. The van der Waals surface area contributed by atoms with E-state index in [1.165, 1.54) is 0 Å². The minimum atomic E-state index is -1.23. The molecule has 2 unspecified atom stereocenters. The van der Waals surface area contributed by atoms with E-state index in [1.807, 2.05) is 19.0 Å². The average molecular weight is 247 g/mol. The van der Waals surface area contributed by atoms with Gasteiger partial charge in [-0.15, -0.1) is 0 Å². The van der Waals surface area contributed by atoms with E-state index >= 15 is 0 Å². The van der Waals surface area contributed by atoms with E-state index in [9.17, 15) is 15.0 Å². The minimum Gasteiger partial charge on any atom is -0.386 e. The molecule has 0 aromatic rings. The molecule has 0 aromatic carbocycles. The third-order valence-corrected chi connectivity index (χ3v) is 2.90. The molecule has 1 rings (SSSR count). The Bertz CT molecular complexity index is 262. The van der Waals surface area contributed by atoms with Crippen LogP contribution in [0.25, 0.3) is 0 Å². The zero-order chi connectivity index (χ0) is 13.0. The number of carbonyl (C=O) groups excluding carboxylic acids is 1. The van der Waals surface area contributed by atoms with Crippen LogP contribution in [-0.4, -0.2) is 72.7 Å². The van der Waals surface area contributed by atoms with E-state index in [1.54, 1.807) is 0 Å². The number of nitrogens with two attached hydrogens (primary N) is 1. The van der Waals surface area contributed by atoms with Crippen LogP contribution in [0.5, 0.6) is 0 Å². The molecule has 4 atom stereocenters. The van der Waals surface area contributed by atoms with Crippen molar-refractivity contribution in [1.82, 2.24) is 10.2 Å². The maximum absolute atomic E-state index is 11.0. The molecule has 0 radical (unpaired) electrons. The van der Waals surface area contributed by atoms with Gasteiger partial charge in [-0.2, -0.15) is 0 Å². The second kappa shape index (κ2) is 6.27. The van der Waals surface area contributed by atoms with Gasteiger partial charge in [0.1, 0.15) is 6.10 Å². The molecule has 1 fully saturated rings. The fourth-order valence-corrected chi connectivity index (χ4v) is 1.88. The highest BCUT2D eigenvalue weighted by molar-refractivity contribution is 5.77. The quantitative estimate of drug-likeness (QED) is 0.436. The Morgan fingerprint density at radius 3 is 2.71 bits per heavy atom. The molecule has 1 aliphatic rings. The zero-order valence-corrected chi connectivity index (χ0v) is 10.2. The lowest BCUT2D eigenvalue weighted by Gasteiger charge is -2.40. The summed E-state index contributed by atoms with van der Waals surface area (Å²) in [5.41, 5.74) is 5.16. The third-order valence-electron chi connectivity index (χ3n) is 2.90. The molecule has 1 heterocycles. The molecule has 5 N–H and O–H groups in total. The van der Waals surface area contributed by atoms with Crippen molar-refractivity contribution in [3.05, 3.63) is 0 Å². The molecular weight excluding hydrogens is 226 g/mol. The van der Waals surface area contributed by atoms with Crippen LogP contribution in [0.2, 0.25) is 0 Å². The maximum Gasteiger partial charge on any atom is 0.233 e. The van der Waals surface area contributed by atoms with Gasteiger partial charge in [-0.05, 0) is 20.5 Å². The molecule has 0 aliphatic carbocycles. The number of amides is 1. The van der Waals surface area contributed by atoms with E-state index in [0.29, 0.717) is 6.42 Å². The van der Waals surface area contributed by atoms with E-state index in [-0.39, 0.29) is 31.1 Å². The lowest BCUT2D eigenvalue weighted by atomic mass is 9.98. The van der Waals surface area contributed by atoms with Gasteiger partial charge in [0, 0.05) is 12.6 Å². The summed E-state index contributed by atoms with van der Waals surface area (Å²) in [6.45, 7) is 0.208. The molecular formula is C10H21N3O4. The fourth-order valence-electron chi connectivity index (χ4n) is 1.88. The summed E-state index contributed by atoms with van der Waals surface area (Å²) in [7, 11) is 3.64. The van der Waals surface area contributed by atoms with E-state index in [0.717, 1.165) is 0 Å². The van der Waals surface area contributed by atoms with E-state index in [2.05, 4.69) is 5.32 Å². The molecule has 0 bridgehead atoms. The highest BCUT2D eigenvalue weighted by Gasteiger charge is 2.37. The Morgan fingerprint density at radius 2 is 2.18 bits per heavy atom. The number of hydrogen-bond acceptors (Lipinski definition) is 6. The van der Waals surface area contributed by atoms with Crippen LogP contribution in [0, 0.1) is 0 Å². The molecule has 0 spiro atoms. The lowest BCUT2D eigenvalue weighted by Crippen LogP contribution is -2.55. The Morgan fingerprint density at radius 1 is 1.53 bits per heavy atom. The number of hydrogen-bond donors (Lipinski definition) is 4. The van der Waals surface area contributed by atoms with Gasteiger partial charge in [0.2, 0.25) is 5.91 Å². The van der Waals surface area contributed by atoms with Crippen molar-refractivity contribution < 1.29 is 19.7 Å². The SMILES string of the molecule is CN(C)C1C[C@@H](CNC(=O)CN)O[C@@H](O)C1O. The van der Waals surface area contributed by atoms with Crippen molar-refractivity contribution in [3.8, 4) is 0 Å². The molecule has 7 heteroatoms. The summed E-state index contributed by atoms with van der Waals surface area (Å²) >= 11 is 0. The van der Waals surface area contributed by atoms with Crippen LogP contribution in [-0.2, 0) is 9.53 Å². The van der Waals surface area contributed by atoms with Gasteiger partial charge < -0.3 is 30.9 Å². The van der Waals surface area contributed by atoms with Gasteiger partial charge in [0.25, 0.3) is 0 Å². The Hall–Kier alpha value is -0.730. The second-order valence-corrected chi connectivity index (χ2v) is 4.41. The Kier molecular flexibility index (Phi) is 5.29. The number of aliphatic hydroxyl groups excluding tert-OH is 2. The third kappa shape index (κ3) is 3.90. The van der Waals surface area contributed by atoms with Gasteiger partial charge >= 0.3 is 0 Å². The van der Waals surface area contributed by atoms with Crippen molar-refractivity contribution >= 4 is 5.91 Å². The van der Waals surface area contributed by atoms with Crippen LogP contribution in [0.15, 0.2) is 0 Å². The first-order valence-electron chi connectivity index (χ1n) is 5.60. The summed E-state index contributed by atoms with van der Waals surface area (Å²) in [6.07, 6.45) is -1.95. The first-order chi connectivity index (χ1) is 7.95. The number of nitrogens with one attached hydrogen (secondary N) is 1. The molecule has 0 saturated carbocycles. The fraction of sp³-hybridized carbons (Fsp3) is 0.900. The Labute approximate surface area is 101 Å². The number of likely N-dealkylation sites (N-methyl/N-ethyl adjacent to an activating group) is 1. The van der Waals surface area contributed by atoms with Gasteiger partial charge in [-0.25, -0.2) is 0 Å². The average Bonchev–Trinajstić information content (AvgIpc) is 2.29. The zero-order valence-electron chi connectivity index (χ0n) is 10.2. The molecule has 1 amide bonds. The van der Waals surface area contributed by atoms with Crippen molar-refractivity contribution in [2.45, 2.75) is 31.0 Å². The topological polar surface area (TPSA) is 108 Å². The predicted octanol–water partition coefficient (Wildman–Crippen LogP) is -2.54. The summed E-state index contributed by atoms with van der Waals surface area (Å²) in [4.78, 5) is 12.8. The first kappa shape index (κ1) is 14.3.